The molecule has 0 aliphatic rings. The molecule has 3 heteroatoms. The van der Waals surface area contributed by atoms with Gasteiger partial charge in [0, 0.05) is 18.7 Å². The Labute approximate surface area is 125 Å². The van der Waals surface area contributed by atoms with E-state index in [0.717, 1.165) is 48.5 Å². The van der Waals surface area contributed by atoms with E-state index in [1.807, 2.05) is 13.0 Å². The van der Waals surface area contributed by atoms with Gasteiger partial charge in [0.2, 0.25) is 0 Å². The number of aromatic nitrogens is 1. The number of nitrogens with zero attached hydrogens (tertiary/aromatic N) is 1. The minimum atomic E-state index is 0.797. The van der Waals surface area contributed by atoms with Crippen molar-refractivity contribution in [3.8, 4) is 0 Å². The van der Waals surface area contributed by atoms with Gasteiger partial charge in [0.1, 0.15) is 5.52 Å². The van der Waals surface area contributed by atoms with E-state index in [-0.39, 0.29) is 0 Å². The Morgan fingerprint density at radius 1 is 1.10 bits per heavy atom. The molecule has 0 aliphatic carbocycles. The van der Waals surface area contributed by atoms with E-state index in [0.29, 0.717) is 0 Å². The fraction of sp³-hybridized carbons (Fsp3) is 0.278. The molecule has 0 amide bonds. The van der Waals surface area contributed by atoms with Crippen molar-refractivity contribution in [1.82, 2.24) is 4.98 Å². The van der Waals surface area contributed by atoms with Crippen LogP contribution in [-0.4, -0.2) is 11.5 Å². The summed E-state index contributed by atoms with van der Waals surface area (Å²) in [6.07, 6.45) is 3.04. The second-order valence-electron chi connectivity index (χ2n) is 5.16. The first kappa shape index (κ1) is 13.7. The van der Waals surface area contributed by atoms with Crippen molar-refractivity contribution < 1.29 is 4.42 Å². The molecule has 0 fully saturated rings. The summed E-state index contributed by atoms with van der Waals surface area (Å²) in [7, 11) is 0. The second kappa shape index (κ2) is 6.44. The minimum absolute atomic E-state index is 0.797. The zero-order valence-corrected chi connectivity index (χ0v) is 12.3. The summed E-state index contributed by atoms with van der Waals surface area (Å²) < 4.78 is 5.62. The van der Waals surface area contributed by atoms with Crippen molar-refractivity contribution in [2.75, 3.05) is 11.9 Å². The van der Waals surface area contributed by atoms with Gasteiger partial charge in [-0.25, -0.2) is 4.98 Å². The van der Waals surface area contributed by atoms with Crippen molar-refractivity contribution in [2.45, 2.75) is 26.2 Å². The Hall–Kier alpha value is -2.29. The highest BCUT2D eigenvalue weighted by Gasteiger charge is 2.04. The summed E-state index contributed by atoms with van der Waals surface area (Å²) in [5.41, 5.74) is 4.28. The lowest BCUT2D eigenvalue weighted by Crippen LogP contribution is -2.02. The number of nitrogens with one attached hydrogen (secondary N) is 1. The molecule has 21 heavy (non-hydrogen) atoms. The van der Waals surface area contributed by atoms with Crippen LogP contribution < -0.4 is 5.32 Å². The normalized spacial score (nSPS) is 10.9. The zero-order chi connectivity index (χ0) is 14.5. The number of anilines is 1. The van der Waals surface area contributed by atoms with Crippen LogP contribution in [0.25, 0.3) is 11.1 Å². The smallest absolute Gasteiger partial charge is 0.195 e. The third kappa shape index (κ3) is 3.43. The number of rotatable bonds is 6. The van der Waals surface area contributed by atoms with E-state index in [2.05, 4.69) is 52.8 Å². The van der Waals surface area contributed by atoms with Gasteiger partial charge in [-0.15, -0.1) is 0 Å². The quantitative estimate of drug-likeness (QED) is 0.679. The highest BCUT2D eigenvalue weighted by Crippen LogP contribution is 2.20. The van der Waals surface area contributed by atoms with E-state index in [9.17, 15) is 0 Å². The fourth-order valence-electron chi connectivity index (χ4n) is 2.41. The number of hydrogen-bond donors (Lipinski definition) is 1. The molecule has 1 aromatic heterocycles. The highest BCUT2D eigenvalue weighted by molar-refractivity contribution is 5.77. The Morgan fingerprint density at radius 3 is 2.76 bits per heavy atom. The number of benzene rings is 2. The maximum atomic E-state index is 5.62. The summed E-state index contributed by atoms with van der Waals surface area (Å²) >= 11 is 0. The van der Waals surface area contributed by atoms with Gasteiger partial charge < -0.3 is 9.73 Å². The van der Waals surface area contributed by atoms with Crippen molar-refractivity contribution in [3.05, 3.63) is 60.0 Å². The van der Waals surface area contributed by atoms with Gasteiger partial charge in [-0.3, -0.25) is 0 Å². The molecular formula is C18H20N2O. The molecule has 3 nitrogen and oxygen atoms in total. The summed E-state index contributed by atoms with van der Waals surface area (Å²) in [6.45, 7) is 3.01. The molecule has 0 unspecified atom stereocenters. The van der Waals surface area contributed by atoms with Crippen LogP contribution in [0.1, 0.15) is 24.8 Å². The average molecular weight is 280 g/mol. The lowest BCUT2D eigenvalue weighted by molar-refractivity contribution is 0.538. The highest BCUT2D eigenvalue weighted by atomic mass is 16.3. The van der Waals surface area contributed by atoms with Gasteiger partial charge in [-0.2, -0.15) is 0 Å². The molecular weight excluding hydrogens is 260 g/mol. The van der Waals surface area contributed by atoms with E-state index in [1.54, 1.807) is 0 Å². The molecule has 1 N–H and O–H groups in total. The van der Waals surface area contributed by atoms with E-state index >= 15 is 0 Å². The maximum Gasteiger partial charge on any atom is 0.195 e. The molecule has 0 bridgehead atoms. The number of aryl methyl sites for hydroxylation is 2. The molecule has 1 heterocycles. The van der Waals surface area contributed by atoms with Gasteiger partial charge in [0.25, 0.3) is 0 Å². The third-order valence-corrected chi connectivity index (χ3v) is 3.55. The monoisotopic (exact) mass is 280 g/mol. The Bertz CT molecular complexity index is 704. The predicted molar refractivity (Wildman–Crippen MR) is 86.6 cm³/mol. The number of oxazole rings is 1. The van der Waals surface area contributed by atoms with E-state index in [4.69, 9.17) is 4.42 Å². The lowest BCUT2D eigenvalue weighted by atomic mass is 10.1. The molecule has 2 aromatic carbocycles. The van der Waals surface area contributed by atoms with Crippen LogP contribution in [0.5, 0.6) is 0 Å². The van der Waals surface area contributed by atoms with Crippen molar-refractivity contribution >= 4 is 16.8 Å². The molecule has 3 rings (SSSR count). The van der Waals surface area contributed by atoms with Gasteiger partial charge in [-0.1, -0.05) is 37.3 Å². The van der Waals surface area contributed by atoms with Crippen LogP contribution in [0, 0.1) is 0 Å². The molecule has 0 radical (unpaired) electrons. The number of hydrogen-bond acceptors (Lipinski definition) is 3. The van der Waals surface area contributed by atoms with Crippen molar-refractivity contribution in [2.24, 2.45) is 0 Å². The first-order chi connectivity index (χ1) is 10.3. The van der Waals surface area contributed by atoms with Gasteiger partial charge in [0.15, 0.2) is 11.5 Å². The topological polar surface area (TPSA) is 38.1 Å². The molecule has 0 saturated heterocycles. The fourth-order valence-corrected chi connectivity index (χ4v) is 2.41. The predicted octanol–water partition coefficient (Wildman–Crippen LogP) is 4.43. The standard InChI is InChI=1S/C18H20N2O/c1-2-18-20-16-13-15(10-11-17(16)21-18)19-12-6-9-14-7-4-3-5-8-14/h3-5,7-8,10-11,13,19H,2,6,9,12H2,1H3. The summed E-state index contributed by atoms with van der Waals surface area (Å²) in [4.78, 5) is 4.46. The summed E-state index contributed by atoms with van der Waals surface area (Å²) in [6, 6.07) is 16.7. The maximum absolute atomic E-state index is 5.62. The van der Waals surface area contributed by atoms with Gasteiger partial charge in [-0.05, 0) is 36.6 Å². The van der Waals surface area contributed by atoms with Gasteiger partial charge in [0.05, 0.1) is 0 Å². The lowest BCUT2D eigenvalue weighted by Gasteiger charge is -2.06. The van der Waals surface area contributed by atoms with Crippen LogP contribution in [0.4, 0.5) is 5.69 Å². The van der Waals surface area contributed by atoms with Crippen molar-refractivity contribution in [1.29, 1.82) is 0 Å². The van der Waals surface area contributed by atoms with Gasteiger partial charge >= 0.3 is 0 Å². The summed E-state index contributed by atoms with van der Waals surface area (Å²) in [5.74, 6) is 0.797. The van der Waals surface area contributed by atoms with E-state index in [1.165, 1.54) is 5.56 Å². The minimum Gasteiger partial charge on any atom is -0.441 e. The van der Waals surface area contributed by atoms with E-state index < -0.39 is 0 Å². The molecule has 0 atom stereocenters. The zero-order valence-electron chi connectivity index (χ0n) is 12.3. The first-order valence-electron chi connectivity index (χ1n) is 7.52. The second-order valence-corrected chi connectivity index (χ2v) is 5.16. The third-order valence-electron chi connectivity index (χ3n) is 3.55. The average Bonchev–Trinajstić information content (AvgIpc) is 2.95. The SMILES string of the molecule is CCc1nc2cc(NCCCc3ccccc3)ccc2o1. The molecule has 0 spiro atoms. The molecule has 3 aromatic rings. The molecule has 0 saturated carbocycles. The summed E-state index contributed by atoms with van der Waals surface area (Å²) in [5, 5.41) is 3.45. The van der Waals surface area contributed by atoms with Crippen LogP contribution in [0.2, 0.25) is 0 Å². The Kier molecular flexibility index (Phi) is 4.20. The first-order valence-corrected chi connectivity index (χ1v) is 7.52. The van der Waals surface area contributed by atoms with Crippen LogP contribution >= 0.6 is 0 Å². The van der Waals surface area contributed by atoms with Crippen LogP contribution in [0.15, 0.2) is 52.9 Å². The molecule has 108 valence electrons. The number of fused-ring (bicyclic) bond motifs is 1. The van der Waals surface area contributed by atoms with Crippen LogP contribution in [-0.2, 0) is 12.8 Å². The Balaban J connectivity index is 1.55. The van der Waals surface area contributed by atoms with Crippen molar-refractivity contribution in [3.63, 3.8) is 0 Å². The van der Waals surface area contributed by atoms with Crippen LogP contribution in [0.3, 0.4) is 0 Å². The molecule has 0 aliphatic heterocycles. The largest absolute Gasteiger partial charge is 0.441 e. The Morgan fingerprint density at radius 2 is 1.95 bits per heavy atom.